The van der Waals surface area contributed by atoms with Gasteiger partial charge in [0.1, 0.15) is 5.54 Å². The summed E-state index contributed by atoms with van der Waals surface area (Å²) in [5.74, 6) is 5.42. The van der Waals surface area contributed by atoms with Crippen LogP contribution in [0.3, 0.4) is 0 Å². The SMILES string of the molecule is CC#CCC(C)(C(=O)OC)N(C)C. The molecule has 0 saturated carbocycles. The fourth-order valence-electron chi connectivity index (χ4n) is 0.893. The Morgan fingerprint density at radius 1 is 1.54 bits per heavy atom. The van der Waals surface area contributed by atoms with Crippen molar-refractivity contribution in [3.63, 3.8) is 0 Å². The van der Waals surface area contributed by atoms with Crippen LogP contribution >= 0.6 is 0 Å². The lowest BCUT2D eigenvalue weighted by atomic mass is 9.97. The van der Waals surface area contributed by atoms with E-state index in [4.69, 9.17) is 4.74 Å². The minimum atomic E-state index is -0.641. The van der Waals surface area contributed by atoms with Gasteiger partial charge in [-0.15, -0.1) is 11.8 Å². The molecule has 1 unspecified atom stereocenters. The van der Waals surface area contributed by atoms with Crippen molar-refractivity contribution < 1.29 is 9.53 Å². The average molecular weight is 183 g/mol. The third-order valence-electron chi connectivity index (χ3n) is 2.22. The summed E-state index contributed by atoms with van der Waals surface area (Å²) in [6.07, 6.45) is 0.489. The van der Waals surface area contributed by atoms with Gasteiger partial charge in [0.15, 0.2) is 0 Å². The van der Waals surface area contributed by atoms with Gasteiger partial charge in [0.25, 0.3) is 0 Å². The number of methoxy groups -OCH3 is 1. The third-order valence-corrected chi connectivity index (χ3v) is 2.22. The van der Waals surface area contributed by atoms with Crippen molar-refractivity contribution in [2.24, 2.45) is 0 Å². The van der Waals surface area contributed by atoms with Crippen LogP contribution in [0, 0.1) is 11.8 Å². The molecule has 3 heteroatoms. The maximum atomic E-state index is 11.4. The van der Waals surface area contributed by atoms with Crippen molar-refractivity contribution in [1.29, 1.82) is 0 Å². The van der Waals surface area contributed by atoms with Crippen molar-refractivity contribution >= 4 is 5.97 Å². The first-order valence-corrected chi connectivity index (χ1v) is 4.14. The molecule has 0 bridgehead atoms. The standard InChI is InChI=1S/C10H17NO2/c1-6-7-8-10(2,11(3)4)9(12)13-5/h8H2,1-5H3. The summed E-state index contributed by atoms with van der Waals surface area (Å²) in [5.41, 5.74) is -0.641. The normalized spacial score (nSPS) is 14.3. The first-order valence-electron chi connectivity index (χ1n) is 4.14. The van der Waals surface area contributed by atoms with Crippen LogP contribution < -0.4 is 0 Å². The molecule has 0 heterocycles. The highest BCUT2D eigenvalue weighted by Crippen LogP contribution is 2.17. The first kappa shape index (κ1) is 12.0. The van der Waals surface area contributed by atoms with Crippen LogP contribution in [-0.2, 0) is 9.53 Å². The summed E-state index contributed by atoms with van der Waals surface area (Å²) < 4.78 is 4.73. The van der Waals surface area contributed by atoms with E-state index < -0.39 is 5.54 Å². The molecule has 0 aliphatic heterocycles. The molecule has 3 nitrogen and oxygen atoms in total. The molecule has 0 N–H and O–H groups in total. The van der Waals surface area contributed by atoms with E-state index in [0.29, 0.717) is 6.42 Å². The molecule has 13 heavy (non-hydrogen) atoms. The fourth-order valence-corrected chi connectivity index (χ4v) is 0.893. The summed E-state index contributed by atoms with van der Waals surface area (Å²) in [6.45, 7) is 3.58. The maximum absolute atomic E-state index is 11.4. The smallest absolute Gasteiger partial charge is 0.326 e. The lowest BCUT2D eigenvalue weighted by molar-refractivity contribution is -0.152. The Morgan fingerprint density at radius 3 is 2.38 bits per heavy atom. The summed E-state index contributed by atoms with van der Waals surface area (Å²) in [7, 11) is 5.08. The summed E-state index contributed by atoms with van der Waals surface area (Å²) >= 11 is 0. The van der Waals surface area contributed by atoms with Crippen LogP contribution in [0.25, 0.3) is 0 Å². The maximum Gasteiger partial charge on any atom is 0.326 e. The van der Waals surface area contributed by atoms with E-state index in [-0.39, 0.29) is 5.97 Å². The second-order valence-corrected chi connectivity index (χ2v) is 3.26. The van der Waals surface area contributed by atoms with Crippen molar-refractivity contribution in [3.05, 3.63) is 0 Å². The van der Waals surface area contributed by atoms with Gasteiger partial charge in [-0.3, -0.25) is 9.69 Å². The van der Waals surface area contributed by atoms with Crippen LogP contribution in [0.2, 0.25) is 0 Å². The quantitative estimate of drug-likeness (QED) is 0.481. The van der Waals surface area contributed by atoms with Gasteiger partial charge in [0, 0.05) is 6.42 Å². The van der Waals surface area contributed by atoms with Crippen LogP contribution in [0.1, 0.15) is 20.3 Å². The molecule has 0 aliphatic carbocycles. The van der Waals surface area contributed by atoms with Crippen LogP contribution in [0.4, 0.5) is 0 Å². The zero-order chi connectivity index (χ0) is 10.5. The zero-order valence-corrected chi connectivity index (χ0v) is 8.97. The minimum absolute atomic E-state index is 0.250. The number of esters is 1. The highest BCUT2D eigenvalue weighted by atomic mass is 16.5. The van der Waals surface area contributed by atoms with E-state index in [1.807, 2.05) is 25.9 Å². The van der Waals surface area contributed by atoms with Gasteiger partial charge in [0.2, 0.25) is 0 Å². The van der Waals surface area contributed by atoms with Crippen LogP contribution in [0.15, 0.2) is 0 Å². The van der Waals surface area contributed by atoms with E-state index in [9.17, 15) is 4.79 Å². The molecule has 0 radical (unpaired) electrons. The molecule has 0 aromatic carbocycles. The van der Waals surface area contributed by atoms with Crippen LogP contribution in [0.5, 0.6) is 0 Å². The van der Waals surface area contributed by atoms with Crippen LogP contribution in [-0.4, -0.2) is 37.6 Å². The topological polar surface area (TPSA) is 29.5 Å². The van der Waals surface area contributed by atoms with E-state index >= 15 is 0 Å². The van der Waals surface area contributed by atoms with E-state index in [1.54, 1.807) is 6.92 Å². The molecule has 0 aromatic heterocycles. The van der Waals surface area contributed by atoms with E-state index in [2.05, 4.69) is 11.8 Å². The Bertz CT molecular complexity index is 237. The van der Waals surface area contributed by atoms with Crippen molar-refractivity contribution in [3.8, 4) is 11.8 Å². The lowest BCUT2D eigenvalue weighted by Crippen LogP contribution is -2.48. The number of ether oxygens (including phenoxy) is 1. The van der Waals surface area contributed by atoms with Gasteiger partial charge in [-0.1, -0.05) is 0 Å². The Kier molecular flexibility index (Phi) is 4.50. The molecular weight excluding hydrogens is 166 g/mol. The molecule has 1 atom stereocenters. The molecule has 0 amide bonds. The lowest BCUT2D eigenvalue weighted by Gasteiger charge is -2.31. The van der Waals surface area contributed by atoms with Gasteiger partial charge in [-0.2, -0.15) is 0 Å². The van der Waals surface area contributed by atoms with Crippen molar-refractivity contribution in [1.82, 2.24) is 4.90 Å². The van der Waals surface area contributed by atoms with Crippen molar-refractivity contribution in [2.45, 2.75) is 25.8 Å². The zero-order valence-electron chi connectivity index (χ0n) is 8.97. The second-order valence-electron chi connectivity index (χ2n) is 3.26. The molecule has 0 fully saturated rings. The van der Waals surface area contributed by atoms with Gasteiger partial charge in [-0.05, 0) is 27.9 Å². The largest absolute Gasteiger partial charge is 0.468 e. The highest BCUT2D eigenvalue weighted by Gasteiger charge is 2.35. The number of hydrogen-bond acceptors (Lipinski definition) is 3. The highest BCUT2D eigenvalue weighted by molar-refractivity contribution is 5.80. The fraction of sp³-hybridized carbons (Fsp3) is 0.700. The predicted octanol–water partition coefficient (Wildman–Crippen LogP) is 0.893. The number of hydrogen-bond donors (Lipinski definition) is 0. The van der Waals surface area contributed by atoms with Gasteiger partial charge in [-0.25, -0.2) is 0 Å². The Hall–Kier alpha value is -1.01. The molecule has 74 valence electrons. The Morgan fingerprint density at radius 2 is 2.08 bits per heavy atom. The predicted molar refractivity (Wildman–Crippen MR) is 52.2 cm³/mol. The molecule has 0 aromatic rings. The monoisotopic (exact) mass is 183 g/mol. The molecular formula is C10H17NO2. The molecule has 0 aliphatic rings. The van der Waals surface area contributed by atoms with E-state index in [0.717, 1.165) is 0 Å². The summed E-state index contributed by atoms with van der Waals surface area (Å²) in [6, 6.07) is 0. The number of likely N-dealkylation sites (N-methyl/N-ethyl adjacent to an activating group) is 1. The number of carbonyl (C=O) groups excluding carboxylic acids is 1. The summed E-state index contributed by atoms with van der Waals surface area (Å²) in [5, 5.41) is 0. The van der Waals surface area contributed by atoms with Crippen molar-refractivity contribution in [2.75, 3.05) is 21.2 Å². The van der Waals surface area contributed by atoms with Gasteiger partial charge < -0.3 is 4.74 Å². The minimum Gasteiger partial charge on any atom is -0.468 e. The second kappa shape index (κ2) is 4.88. The molecule has 0 spiro atoms. The van der Waals surface area contributed by atoms with Gasteiger partial charge >= 0.3 is 5.97 Å². The summed E-state index contributed by atoms with van der Waals surface area (Å²) in [4.78, 5) is 13.3. The van der Waals surface area contributed by atoms with E-state index in [1.165, 1.54) is 7.11 Å². The molecule has 0 rings (SSSR count). The average Bonchev–Trinajstić information content (AvgIpc) is 2.12. The Labute approximate surface area is 80.1 Å². The first-order chi connectivity index (χ1) is 5.99. The molecule has 0 saturated heterocycles. The number of nitrogens with zero attached hydrogens (tertiary/aromatic N) is 1. The third kappa shape index (κ3) is 2.74. The Balaban J connectivity index is 4.68. The number of rotatable bonds is 3. The van der Waals surface area contributed by atoms with Gasteiger partial charge in [0.05, 0.1) is 7.11 Å². The number of carbonyl (C=O) groups is 1.